The van der Waals surface area contributed by atoms with E-state index < -0.39 is 31.3 Å². The van der Waals surface area contributed by atoms with Crippen molar-refractivity contribution in [2.24, 2.45) is 0 Å². The van der Waals surface area contributed by atoms with E-state index in [0.29, 0.717) is 9.92 Å². The topological polar surface area (TPSA) is 29.5 Å². The van der Waals surface area contributed by atoms with Gasteiger partial charge in [-0.05, 0) is 25.1 Å². The molecule has 0 fully saturated rings. The zero-order valence-electron chi connectivity index (χ0n) is 11.5. The van der Waals surface area contributed by atoms with Gasteiger partial charge in [-0.25, -0.2) is 0 Å². The summed E-state index contributed by atoms with van der Waals surface area (Å²) >= 11 is 11.6. The minimum Gasteiger partial charge on any atom is -0.479 e. The van der Waals surface area contributed by atoms with Crippen molar-refractivity contribution in [1.82, 2.24) is 4.90 Å². The van der Waals surface area contributed by atoms with Gasteiger partial charge in [-0.3, -0.25) is 4.79 Å². The number of carbonyl (C=O) groups excluding carboxylic acids is 1. The van der Waals surface area contributed by atoms with Gasteiger partial charge >= 0.3 is 6.18 Å². The SMILES string of the molecule is C#CCN(CC(F)(F)F)C(=O)C(C)Oc1ccc(Cl)cc1Cl. The van der Waals surface area contributed by atoms with E-state index in [4.69, 9.17) is 34.4 Å². The lowest BCUT2D eigenvalue weighted by Crippen LogP contribution is -2.45. The summed E-state index contributed by atoms with van der Waals surface area (Å²) in [5.74, 6) is 1.27. The smallest absolute Gasteiger partial charge is 0.406 e. The molecule has 1 aromatic carbocycles. The summed E-state index contributed by atoms with van der Waals surface area (Å²) in [6.45, 7) is -0.606. The molecule has 0 spiro atoms. The molecule has 0 aliphatic heterocycles. The molecule has 0 saturated carbocycles. The van der Waals surface area contributed by atoms with Gasteiger partial charge < -0.3 is 9.64 Å². The van der Waals surface area contributed by atoms with Gasteiger partial charge in [0.1, 0.15) is 12.3 Å². The molecule has 3 nitrogen and oxygen atoms in total. The normalized spacial score (nSPS) is 12.4. The van der Waals surface area contributed by atoms with Crippen LogP contribution in [-0.2, 0) is 4.79 Å². The summed E-state index contributed by atoms with van der Waals surface area (Å²) in [7, 11) is 0. The quantitative estimate of drug-likeness (QED) is 0.753. The number of carbonyl (C=O) groups is 1. The van der Waals surface area contributed by atoms with Crippen LogP contribution in [0.3, 0.4) is 0 Å². The minimum atomic E-state index is -4.55. The molecule has 22 heavy (non-hydrogen) atoms. The van der Waals surface area contributed by atoms with Gasteiger partial charge in [-0.1, -0.05) is 29.1 Å². The third-order valence-corrected chi connectivity index (χ3v) is 3.04. The Hall–Kier alpha value is -1.58. The van der Waals surface area contributed by atoms with Gasteiger partial charge in [0, 0.05) is 5.02 Å². The molecule has 120 valence electrons. The van der Waals surface area contributed by atoms with Gasteiger partial charge in [-0.15, -0.1) is 6.42 Å². The Labute approximate surface area is 135 Å². The molecule has 0 aromatic heterocycles. The molecule has 1 amide bonds. The lowest BCUT2D eigenvalue weighted by atomic mass is 10.3. The maximum atomic E-state index is 12.4. The van der Waals surface area contributed by atoms with Gasteiger partial charge in [-0.2, -0.15) is 13.2 Å². The monoisotopic (exact) mass is 353 g/mol. The van der Waals surface area contributed by atoms with Crippen LogP contribution in [0.1, 0.15) is 6.92 Å². The van der Waals surface area contributed by atoms with E-state index in [1.165, 1.54) is 25.1 Å². The highest BCUT2D eigenvalue weighted by atomic mass is 35.5. The number of benzene rings is 1. The second kappa shape index (κ2) is 7.61. The predicted molar refractivity (Wildman–Crippen MR) is 78.0 cm³/mol. The van der Waals surface area contributed by atoms with Crippen LogP contribution in [0.15, 0.2) is 18.2 Å². The molecule has 1 unspecified atom stereocenters. The first-order valence-electron chi connectivity index (χ1n) is 6.04. The van der Waals surface area contributed by atoms with Crippen molar-refractivity contribution in [2.45, 2.75) is 19.2 Å². The molecular formula is C14H12Cl2F3NO2. The number of nitrogens with zero attached hydrogens (tertiary/aromatic N) is 1. The summed E-state index contributed by atoms with van der Waals surface area (Å²) in [5.41, 5.74) is 0. The van der Waals surface area contributed by atoms with E-state index in [0.717, 1.165) is 0 Å². The van der Waals surface area contributed by atoms with Crippen LogP contribution in [-0.4, -0.2) is 36.2 Å². The van der Waals surface area contributed by atoms with E-state index in [9.17, 15) is 18.0 Å². The second-order valence-electron chi connectivity index (χ2n) is 4.35. The summed E-state index contributed by atoms with van der Waals surface area (Å²) in [6, 6.07) is 4.29. The molecule has 0 aliphatic carbocycles. The standard InChI is InChI=1S/C14H12Cl2F3NO2/c1-3-6-20(8-14(17,18)19)13(21)9(2)22-12-5-4-10(15)7-11(12)16/h1,4-5,7,9H,6,8H2,2H3. The van der Waals surface area contributed by atoms with Crippen molar-refractivity contribution < 1.29 is 22.7 Å². The third-order valence-electron chi connectivity index (χ3n) is 2.51. The molecule has 1 atom stereocenters. The summed E-state index contributed by atoms with van der Waals surface area (Å²) < 4.78 is 42.6. The van der Waals surface area contributed by atoms with E-state index >= 15 is 0 Å². The first kappa shape index (κ1) is 18.5. The van der Waals surface area contributed by atoms with E-state index in [1.807, 2.05) is 5.92 Å². The van der Waals surface area contributed by atoms with Gasteiger partial charge in [0.05, 0.1) is 11.6 Å². The molecule has 0 radical (unpaired) electrons. The number of terminal acetylenes is 1. The van der Waals surface area contributed by atoms with Crippen LogP contribution < -0.4 is 4.74 Å². The van der Waals surface area contributed by atoms with Crippen LogP contribution in [0.5, 0.6) is 5.75 Å². The van der Waals surface area contributed by atoms with E-state index in [1.54, 1.807) is 0 Å². The molecule has 0 heterocycles. The van der Waals surface area contributed by atoms with Crippen molar-refractivity contribution >= 4 is 29.1 Å². The van der Waals surface area contributed by atoms with Crippen LogP contribution in [0.2, 0.25) is 10.0 Å². The fraction of sp³-hybridized carbons (Fsp3) is 0.357. The number of ether oxygens (including phenoxy) is 1. The molecule has 0 saturated heterocycles. The second-order valence-corrected chi connectivity index (χ2v) is 5.19. The zero-order valence-corrected chi connectivity index (χ0v) is 13.0. The molecule has 1 aromatic rings. The fourth-order valence-corrected chi connectivity index (χ4v) is 2.06. The Kier molecular flexibility index (Phi) is 6.39. The summed E-state index contributed by atoms with van der Waals surface area (Å²) in [4.78, 5) is 12.5. The molecule has 1 rings (SSSR count). The fourth-order valence-electron chi connectivity index (χ4n) is 1.61. The minimum absolute atomic E-state index is 0.139. The predicted octanol–water partition coefficient (Wildman–Crippen LogP) is 3.78. The molecule has 0 bridgehead atoms. The van der Waals surface area contributed by atoms with Crippen molar-refractivity contribution in [3.8, 4) is 18.1 Å². The van der Waals surface area contributed by atoms with Crippen molar-refractivity contribution in [3.05, 3.63) is 28.2 Å². The maximum Gasteiger partial charge on any atom is 0.406 e. The van der Waals surface area contributed by atoms with E-state index in [2.05, 4.69) is 0 Å². The van der Waals surface area contributed by atoms with Gasteiger partial charge in [0.2, 0.25) is 0 Å². The van der Waals surface area contributed by atoms with Gasteiger partial charge in [0.25, 0.3) is 5.91 Å². The highest BCUT2D eigenvalue weighted by Gasteiger charge is 2.34. The maximum absolute atomic E-state index is 12.4. The van der Waals surface area contributed by atoms with Crippen LogP contribution in [0.4, 0.5) is 13.2 Å². The molecule has 0 N–H and O–H groups in total. The number of halogens is 5. The Bertz CT molecular complexity index is 584. The zero-order chi connectivity index (χ0) is 16.9. The molecular weight excluding hydrogens is 342 g/mol. The van der Waals surface area contributed by atoms with Crippen molar-refractivity contribution in [1.29, 1.82) is 0 Å². The number of rotatable bonds is 5. The number of hydrogen-bond acceptors (Lipinski definition) is 2. The average Bonchev–Trinajstić information content (AvgIpc) is 2.39. The molecule has 8 heteroatoms. The summed E-state index contributed by atoms with van der Waals surface area (Å²) in [5, 5.41) is 0.508. The highest BCUT2D eigenvalue weighted by molar-refractivity contribution is 6.35. The largest absolute Gasteiger partial charge is 0.479 e. The highest BCUT2D eigenvalue weighted by Crippen LogP contribution is 2.28. The first-order valence-corrected chi connectivity index (χ1v) is 6.80. The van der Waals surface area contributed by atoms with Crippen LogP contribution >= 0.6 is 23.2 Å². The summed E-state index contributed by atoms with van der Waals surface area (Å²) in [6.07, 6.45) is -0.745. The van der Waals surface area contributed by atoms with Crippen molar-refractivity contribution in [2.75, 3.05) is 13.1 Å². The lowest BCUT2D eigenvalue weighted by Gasteiger charge is -2.25. The van der Waals surface area contributed by atoms with Crippen LogP contribution in [0, 0.1) is 12.3 Å². The Balaban J connectivity index is 2.83. The number of hydrogen-bond donors (Lipinski definition) is 0. The van der Waals surface area contributed by atoms with Crippen molar-refractivity contribution in [3.63, 3.8) is 0 Å². The lowest BCUT2D eigenvalue weighted by molar-refractivity contribution is -0.163. The first-order chi connectivity index (χ1) is 10.1. The number of amides is 1. The Morgan fingerprint density at radius 3 is 2.59 bits per heavy atom. The Morgan fingerprint density at radius 2 is 2.09 bits per heavy atom. The van der Waals surface area contributed by atoms with Gasteiger partial charge in [0.15, 0.2) is 6.10 Å². The van der Waals surface area contributed by atoms with Crippen LogP contribution in [0.25, 0.3) is 0 Å². The average molecular weight is 354 g/mol. The third kappa shape index (κ3) is 5.66. The number of alkyl halides is 3. The Morgan fingerprint density at radius 1 is 1.45 bits per heavy atom. The molecule has 0 aliphatic rings. The van der Waals surface area contributed by atoms with E-state index in [-0.39, 0.29) is 10.8 Å².